The molecule has 2 rings (SSSR count). The first-order valence-electron chi connectivity index (χ1n) is 5.39. The van der Waals surface area contributed by atoms with E-state index >= 15 is 0 Å². The van der Waals surface area contributed by atoms with Gasteiger partial charge in [-0.15, -0.1) is 0 Å². The molecule has 0 saturated carbocycles. The molecule has 0 aliphatic heterocycles. The Morgan fingerprint density at radius 2 is 2.35 bits per heavy atom. The highest BCUT2D eigenvalue weighted by atomic mass is 16.3. The number of nitrogens with one attached hydrogen (secondary N) is 2. The van der Waals surface area contributed by atoms with Gasteiger partial charge < -0.3 is 15.4 Å². The lowest BCUT2D eigenvalue weighted by atomic mass is 10.2. The standard InChI is InChI=1S/C11H15N5O/c1-7(4-17)3-8(2)16-11-9-10(13-5-12-9)14-6-15-11/h3,5-6,8,17H,4H2,1-2H3,(H2,12,13,14,15,16)/b7-3-/t8-/m1/s1. The fourth-order valence-corrected chi connectivity index (χ4v) is 1.61. The number of aromatic nitrogens is 4. The van der Waals surface area contributed by atoms with Gasteiger partial charge in [0.1, 0.15) is 11.8 Å². The first kappa shape index (κ1) is 11.5. The van der Waals surface area contributed by atoms with Crippen LogP contribution in [-0.2, 0) is 0 Å². The van der Waals surface area contributed by atoms with E-state index in [4.69, 9.17) is 5.11 Å². The van der Waals surface area contributed by atoms with Crippen molar-refractivity contribution in [2.45, 2.75) is 19.9 Å². The lowest BCUT2D eigenvalue weighted by Crippen LogP contribution is -2.14. The Labute approximate surface area is 98.8 Å². The third-order valence-corrected chi connectivity index (χ3v) is 2.37. The molecule has 0 aromatic carbocycles. The first-order chi connectivity index (χ1) is 8.20. The van der Waals surface area contributed by atoms with Crippen LogP contribution in [0.5, 0.6) is 0 Å². The van der Waals surface area contributed by atoms with Crippen molar-refractivity contribution in [1.82, 2.24) is 19.9 Å². The van der Waals surface area contributed by atoms with E-state index in [0.717, 1.165) is 11.1 Å². The number of imidazole rings is 1. The van der Waals surface area contributed by atoms with Gasteiger partial charge in [-0.25, -0.2) is 15.0 Å². The van der Waals surface area contributed by atoms with Gasteiger partial charge in [-0.3, -0.25) is 0 Å². The zero-order chi connectivity index (χ0) is 12.3. The monoisotopic (exact) mass is 233 g/mol. The number of aliphatic hydroxyl groups is 1. The summed E-state index contributed by atoms with van der Waals surface area (Å²) in [7, 11) is 0. The molecule has 2 aromatic rings. The van der Waals surface area contributed by atoms with Crippen LogP contribution >= 0.6 is 0 Å². The minimum Gasteiger partial charge on any atom is -0.392 e. The molecule has 0 amide bonds. The molecule has 0 bridgehead atoms. The van der Waals surface area contributed by atoms with Crippen LogP contribution in [0.25, 0.3) is 11.2 Å². The summed E-state index contributed by atoms with van der Waals surface area (Å²) in [5.41, 5.74) is 2.34. The molecule has 2 aromatic heterocycles. The van der Waals surface area contributed by atoms with Crippen LogP contribution < -0.4 is 5.32 Å². The molecule has 6 heteroatoms. The van der Waals surface area contributed by atoms with Crippen LogP contribution in [0.2, 0.25) is 0 Å². The van der Waals surface area contributed by atoms with E-state index in [1.165, 1.54) is 6.33 Å². The Balaban J connectivity index is 2.21. The van der Waals surface area contributed by atoms with Crippen LogP contribution in [0.4, 0.5) is 5.82 Å². The number of nitrogens with zero attached hydrogens (tertiary/aromatic N) is 3. The molecule has 2 heterocycles. The summed E-state index contributed by atoms with van der Waals surface area (Å²) < 4.78 is 0. The summed E-state index contributed by atoms with van der Waals surface area (Å²) in [5, 5.41) is 12.2. The van der Waals surface area contributed by atoms with Crippen LogP contribution in [0.1, 0.15) is 13.8 Å². The highest BCUT2D eigenvalue weighted by Gasteiger charge is 2.07. The van der Waals surface area contributed by atoms with Gasteiger partial charge in [-0.05, 0) is 13.8 Å². The maximum Gasteiger partial charge on any atom is 0.182 e. The van der Waals surface area contributed by atoms with E-state index in [1.807, 2.05) is 19.9 Å². The SMILES string of the molecule is C/C(=C/[C@@H](C)Nc1ncnc2nc[nH]c12)CO. The van der Waals surface area contributed by atoms with Crippen molar-refractivity contribution in [2.24, 2.45) is 0 Å². The third-order valence-electron chi connectivity index (χ3n) is 2.37. The Morgan fingerprint density at radius 3 is 3.12 bits per heavy atom. The van der Waals surface area contributed by atoms with E-state index in [9.17, 15) is 0 Å². The van der Waals surface area contributed by atoms with E-state index in [2.05, 4.69) is 25.3 Å². The fourth-order valence-electron chi connectivity index (χ4n) is 1.61. The van der Waals surface area contributed by atoms with Gasteiger partial charge in [-0.1, -0.05) is 11.6 Å². The Bertz CT molecular complexity index is 533. The topological polar surface area (TPSA) is 86.7 Å². The van der Waals surface area contributed by atoms with Gasteiger partial charge >= 0.3 is 0 Å². The molecule has 90 valence electrons. The zero-order valence-corrected chi connectivity index (χ0v) is 9.81. The summed E-state index contributed by atoms with van der Waals surface area (Å²) >= 11 is 0. The van der Waals surface area contributed by atoms with Crippen molar-refractivity contribution in [2.75, 3.05) is 11.9 Å². The van der Waals surface area contributed by atoms with Crippen molar-refractivity contribution < 1.29 is 5.11 Å². The van der Waals surface area contributed by atoms with Gasteiger partial charge in [0.05, 0.1) is 12.9 Å². The second-order valence-electron chi connectivity index (χ2n) is 3.93. The van der Waals surface area contributed by atoms with Crippen molar-refractivity contribution in [3.05, 3.63) is 24.3 Å². The molecule has 0 fully saturated rings. The van der Waals surface area contributed by atoms with Gasteiger partial charge in [0.25, 0.3) is 0 Å². The van der Waals surface area contributed by atoms with E-state index in [1.54, 1.807) is 6.33 Å². The van der Waals surface area contributed by atoms with Crippen molar-refractivity contribution >= 4 is 17.0 Å². The predicted octanol–water partition coefficient (Wildman–Crippen LogP) is 1.09. The number of aliphatic hydroxyl groups excluding tert-OH is 1. The van der Waals surface area contributed by atoms with Gasteiger partial charge in [0.15, 0.2) is 11.5 Å². The number of hydrogen-bond acceptors (Lipinski definition) is 5. The van der Waals surface area contributed by atoms with Crippen LogP contribution in [-0.4, -0.2) is 37.7 Å². The van der Waals surface area contributed by atoms with Crippen molar-refractivity contribution in [3.8, 4) is 0 Å². The van der Waals surface area contributed by atoms with E-state index in [0.29, 0.717) is 11.5 Å². The van der Waals surface area contributed by atoms with Gasteiger partial charge in [-0.2, -0.15) is 0 Å². The normalized spacial score (nSPS) is 13.9. The average Bonchev–Trinajstić information content (AvgIpc) is 2.78. The largest absolute Gasteiger partial charge is 0.392 e. The molecule has 3 N–H and O–H groups in total. The quantitative estimate of drug-likeness (QED) is 0.688. The zero-order valence-electron chi connectivity index (χ0n) is 9.81. The van der Waals surface area contributed by atoms with Crippen LogP contribution in [0.3, 0.4) is 0 Å². The minimum absolute atomic E-state index is 0.0647. The lowest BCUT2D eigenvalue weighted by molar-refractivity contribution is 0.331. The smallest absolute Gasteiger partial charge is 0.182 e. The molecule has 0 saturated heterocycles. The number of H-pyrrole nitrogens is 1. The number of aromatic amines is 1. The number of rotatable bonds is 4. The molecule has 0 unspecified atom stereocenters. The summed E-state index contributed by atoms with van der Waals surface area (Å²) in [5.74, 6) is 0.710. The minimum atomic E-state index is 0.0647. The van der Waals surface area contributed by atoms with Gasteiger partial charge in [0, 0.05) is 6.04 Å². The summed E-state index contributed by atoms with van der Waals surface area (Å²) in [6.07, 6.45) is 5.01. The highest BCUT2D eigenvalue weighted by molar-refractivity contribution is 5.82. The van der Waals surface area contributed by atoms with Crippen molar-refractivity contribution in [3.63, 3.8) is 0 Å². The maximum absolute atomic E-state index is 8.95. The molecule has 0 radical (unpaired) electrons. The molecule has 1 atom stereocenters. The molecule has 0 spiro atoms. The second-order valence-corrected chi connectivity index (χ2v) is 3.93. The Kier molecular flexibility index (Phi) is 3.34. The van der Waals surface area contributed by atoms with Crippen LogP contribution in [0, 0.1) is 0 Å². The van der Waals surface area contributed by atoms with E-state index < -0.39 is 0 Å². The molecular formula is C11H15N5O. The lowest BCUT2D eigenvalue weighted by Gasteiger charge is -2.11. The average molecular weight is 233 g/mol. The third kappa shape index (κ3) is 2.59. The van der Waals surface area contributed by atoms with Crippen LogP contribution in [0.15, 0.2) is 24.3 Å². The Morgan fingerprint density at radius 1 is 1.53 bits per heavy atom. The predicted molar refractivity (Wildman–Crippen MR) is 65.6 cm³/mol. The fraction of sp³-hybridized carbons (Fsp3) is 0.364. The highest BCUT2D eigenvalue weighted by Crippen LogP contribution is 2.15. The molecule has 0 aliphatic rings. The molecular weight excluding hydrogens is 218 g/mol. The first-order valence-corrected chi connectivity index (χ1v) is 5.39. The summed E-state index contributed by atoms with van der Waals surface area (Å²) in [6.45, 7) is 3.93. The number of fused-ring (bicyclic) bond motifs is 1. The van der Waals surface area contributed by atoms with E-state index in [-0.39, 0.29) is 12.6 Å². The summed E-state index contributed by atoms with van der Waals surface area (Å²) in [4.78, 5) is 15.3. The maximum atomic E-state index is 8.95. The van der Waals surface area contributed by atoms with Gasteiger partial charge in [0.2, 0.25) is 0 Å². The molecule has 6 nitrogen and oxygen atoms in total. The molecule has 0 aliphatic carbocycles. The Hall–Kier alpha value is -1.95. The van der Waals surface area contributed by atoms with Crippen molar-refractivity contribution in [1.29, 1.82) is 0 Å². The summed E-state index contributed by atoms with van der Waals surface area (Å²) in [6, 6.07) is 0.0727. The number of anilines is 1. The molecule has 17 heavy (non-hydrogen) atoms. The second kappa shape index (κ2) is 4.92. The number of hydrogen-bond donors (Lipinski definition) is 3.